The molecule has 1 aliphatic rings. The monoisotopic (exact) mass is 403 g/mol. The lowest BCUT2D eigenvalue weighted by Gasteiger charge is -2.26. The number of likely N-dealkylation sites (tertiary alicyclic amines) is 1. The van der Waals surface area contributed by atoms with Gasteiger partial charge in [0.15, 0.2) is 6.61 Å². The van der Waals surface area contributed by atoms with Gasteiger partial charge < -0.3 is 14.7 Å². The predicted octanol–water partition coefficient (Wildman–Crippen LogP) is 4.22. The molecular formula is C24H25N3O3. The number of aromatic nitrogens is 2. The zero-order valence-corrected chi connectivity index (χ0v) is 17.0. The highest BCUT2D eigenvalue weighted by Gasteiger charge is 2.17. The maximum absolute atomic E-state index is 12.3. The van der Waals surface area contributed by atoms with Gasteiger partial charge in [-0.3, -0.25) is 4.79 Å². The van der Waals surface area contributed by atoms with Gasteiger partial charge in [0.1, 0.15) is 17.8 Å². The van der Waals surface area contributed by atoms with Crippen molar-refractivity contribution in [1.29, 1.82) is 0 Å². The lowest BCUT2D eigenvalue weighted by molar-refractivity contribution is -0.134. The molecule has 1 N–H and O–H groups in total. The van der Waals surface area contributed by atoms with Crippen LogP contribution in [0.1, 0.15) is 24.8 Å². The molecule has 6 nitrogen and oxygen atoms in total. The first-order chi connectivity index (χ1) is 14.6. The fraction of sp³-hybridized carbons (Fsp3) is 0.292. The van der Waals surface area contributed by atoms with Crippen LogP contribution in [0.4, 0.5) is 0 Å². The van der Waals surface area contributed by atoms with Crippen LogP contribution in [0.15, 0.2) is 54.9 Å². The summed E-state index contributed by atoms with van der Waals surface area (Å²) in [5.41, 5.74) is 4.13. The molecule has 0 spiro atoms. The standard InChI is InChI=1S/C24H25N3O3/c1-17-12-19(8-9-23(17)28)22-14-21(25-16-26-22)18-6-5-7-20(13-18)30-15-24(29)27-10-3-2-4-11-27/h5-9,12-14,16,28H,2-4,10-11,15H2,1H3. The van der Waals surface area contributed by atoms with Crippen LogP contribution in [-0.2, 0) is 4.79 Å². The van der Waals surface area contributed by atoms with Gasteiger partial charge in [-0.1, -0.05) is 12.1 Å². The van der Waals surface area contributed by atoms with Crippen molar-refractivity contribution in [2.24, 2.45) is 0 Å². The second-order valence-corrected chi connectivity index (χ2v) is 7.55. The maximum Gasteiger partial charge on any atom is 0.260 e. The van der Waals surface area contributed by atoms with Gasteiger partial charge in [-0.2, -0.15) is 0 Å². The van der Waals surface area contributed by atoms with Crippen LogP contribution >= 0.6 is 0 Å². The minimum atomic E-state index is 0.0344. The summed E-state index contributed by atoms with van der Waals surface area (Å²) < 4.78 is 5.76. The fourth-order valence-electron chi connectivity index (χ4n) is 3.61. The van der Waals surface area contributed by atoms with Crippen LogP contribution in [0.25, 0.3) is 22.5 Å². The molecule has 0 radical (unpaired) electrons. The van der Waals surface area contributed by atoms with Crippen molar-refractivity contribution in [3.05, 3.63) is 60.4 Å². The summed E-state index contributed by atoms with van der Waals surface area (Å²) in [5, 5.41) is 9.75. The average molecular weight is 403 g/mol. The number of ether oxygens (including phenoxy) is 1. The van der Waals surface area contributed by atoms with Gasteiger partial charge in [0, 0.05) is 24.2 Å². The van der Waals surface area contributed by atoms with E-state index in [9.17, 15) is 9.90 Å². The molecule has 2 heterocycles. The first-order valence-electron chi connectivity index (χ1n) is 10.2. The second-order valence-electron chi connectivity index (χ2n) is 7.55. The Morgan fingerprint density at radius 2 is 1.73 bits per heavy atom. The van der Waals surface area contributed by atoms with Crippen LogP contribution in [0.2, 0.25) is 0 Å². The molecule has 1 saturated heterocycles. The van der Waals surface area contributed by atoms with Crippen molar-refractivity contribution >= 4 is 5.91 Å². The topological polar surface area (TPSA) is 75.5 Å². The van der Waals surface area contributed by atoms with Crippen LogP contribution in [0, 0.1) is 6.92 Å². The molecule has 0 bridgehead atoms. The molecular weight excluding hydrogens is 378 g/mol. The molecule has 30 heavy (non-hydrogen) atoms. The number of nitrogens with zero attached hydrogens (tertiary/aromatic N) is 3. The third kappa shape index (κ3) is 4.59. The van der Waals surface area contributed by atoms with E-state index in [1.807, 2.05) is 54.3 Å². The maximum atomic E-state index is 12.3. The number of aromatic hydroxyl groups is 1. The number of benzene rings is 2. The Bertz CT molecular complexity index is 1050. The Morgan fingerprint density at radius 3 is 2.47 bits per heavy atom. The number of hydrogen-bond donors (Lipinski definition) is 1. The Labute approximate surface area is 176 Å². The minimum Gasteiger partial charge on any atom is -0.508 e. The number of hydrogen-bond acceptors (Lipinski definition) is 5. The molecule has 0 saturated carbocycles. The van der Waals surface area contributed by atoms with E-state index in [1.165, 1.54) is 12.7 Å². The molecule has 1 aliphatic heterocycles. The predicted molar refractivity (Wildman–Crippen MR) is 115 cm³/mol. The summed E-state index contributed by atoms with van der Waals surface area (Å²) in [6, 6.07) is 14.9. The molecule has 4 rings (SSSR count). The van der Waals surface area contributed by atoms with Crippen LogP contribution < -0.4 is 4.74 Å². The average Bonchev–Trinajstić information content (AvgIpc) is 2.80. The second kappa shape index (κ2) is 8.95. The van der Waals surface area contributed by atoms with Crippen molar-refractivity contribution in [2.45, 2.75) is 26.2 Å². The lowest BCUT2D eigenvalue weighted by Crippen LogP contribution is -2.38. The number of phenols is 1. The molecule has 3 aromatic rings. The first kappa shape index (κ1) is 19.9. The molecule has 0 atom stereocenters. The van der Waals surface area contributed by atoms with Crippen molar-refractivity contribution in [3.8, 4) is 34.0 Å². The SMILES string of the molecule is Cc1cc(-c2cc(-c3cccc(OCC(=O)N4CCCCC4)c3)ncn2)ccc1O. The summed E-state index contributed by atoms with van der Waals surface area (Å²) in [4.78, 5) is 23.0. The zero-order chi connectivity index (χ0) is 20.9. The van der Waals surface area contributed by atoms with Gasteiger partial charge in [-0.25, -0.2) is 9.97 Å². The van der Waals surface area contributed by atoms with Gasteiger partial charge in [-0.15, -0.1) is 0 Å². The number of amides is 1. The molecule has 1 fully saturated rings. The van der Waals surface area contributed by atoms with Crippen LogP contribution in [0.5, 0.6) is 11.5 Å². The Hall–Kier alpha value is -3.41. The normalized spacial score (nSPS) is 13.8. The fourth-order valence-corrected chi connectivity index (χ4v) is 3.61. The summed E-state index contributed by atoms with van der Waals surface area (Å²) in [5.74, 6) is 0.933. The molecule has 0 aliphatic carbocycles. The largest absolute Gasteiger partial charge is 0.508 e. The van der Waals surface area contributed by atoms with E-state index < -0.39 is 0 Å². The zero-order valence-electron chi connectivity index (χ0n) is 17.0. The minimum absolute atomic E-state index is 0.0344. The van der Waals surface area contributed by atoms with E-state index >= 15 is 0 Å². The van der Waals surface area contributed by atoms with Crippen LogP contribution in [-0.4, -0.2) is 45.6 Å². The summed E-state index contributed by atoms with van der Waals surface area (Å²) in [6.45, 7) is 3.55. The highest BCUT2D eigenvalue weighted by molar-refractivity contribution is 5.78. The van der Waals surface area contributed by atoms with Crippen molar-refractivity contribution in [3.63, 3.8) is 0 Å². The Balaban J connectivity index is 1.49. The van der Waals surface area contributed by atoms with E-state index in [2.05, 4.69) is 9.97 Å². The smallest absolute Gasteiger partial charge is 0.260 e. The number of carbonyl (C=O) groups excluding carboxylic acids is 1. The summed E-state index contributed by atoms with van der Waals surface area (Å²) in [7, 11) is 0. The van der Waals surface area contributed by atoms with Crippen LogP contribution in [0.3, 0.4) is 0 Å². The van der Waals surface area contributed by atoms with Crippen molar-refractivity contribution in [2.75, 3.05) is 19.7 Å². The quantitative estimate of drug-likeness (QED) is 0.690. The number of aryl methyl sites for hydroxylation is 1. The highest BCUT2D eigenvalue weighted by Crippen LogP contribution is 2.28. The van der Waals surface area contributed by atoms with Gasteiger partial charge in [-0.05, 0) is 68.1 Å². The van der Waals surface area contributed by atoms with E-state index in [4.69, 9.17) is 4.74 Å². The molecule has 154 valence electrons. The third-order valence-corrected chi connectivity index (χ3v) is 5.36. The van der Waals surface area contributed by atoms with Gasteiger partial charge in [0.25, 0.3) is 5.91 Å². The first-order valence-corrected chi connectivity index (χ1v) is 10.2. The highest BCUT2D eigenvalue weighted by atomic mass is 16.5. The number of carbonyl (C=O) groups is 1. The molecule has 1 amide bonds. The van der Waals surface area contributed by atoms with E-state index in [0.717, 1.165) is 54.0 Å². The van der Waals surface area contributed by atoms with Gasteiger partial charge in [0.2, 0.25) is 0 Å². The molecule has 6 heteroatoms. The number of piperidine rings is 1. The third-order valence-electron chi connectivity index (χ3n) is 5.36. The molecule has 2 aromatic carbocycles. The van der Waals surface area contributed by atoms with E-state index in [-0.39, 0.29) is 18.3 Å². The van der Waals surface area contributed by atoms with E-state index in [1.54, 1.807) is 6.07 Å². The summed E-state index contributed by atoms with van der Waals surface area (Å²) >= 11 is 0. The van der Waals surface area contributed by atoms with Crippen molar-refractivity contribution < 1.29 is 14.6 Å². The number of rotatable bonds is 5. The lowest BCUT2D eigenvalue weighted by atomic mass is 10.1. The molecule has 0 unspecified atom stereocenters. The number of phenolic OH excluding ortho intramolecular Hbond substituents is 1. The summed E-state index contributed by atoms with van der Waals surface area (Å²) in [6.07, 6.45) is 4.85. The van der Waals surface area contributed by atoms with Gasteiger partial charge >= 0.3 is 0 Å². The Morgan fingerprint density at radius 1 is 1.00 bits per heavy atom. The Kier molecular flexibility index (Phi) is 5.93. The van der Waals surface area contributed by atoms with Gasteiger partial charge in [0.05, 0.1) is 11.4 Å². The van der Waals surface area contributed by atoms with E-state index in [0.29, 0.717) is 5.75 Å². The molecule has 1 aromatic heterocycles. The van der Waals surface area contributed by atoms with Crippen molar-refractivity contribution in [1.82, 2.24) is 14.9 Å².